The van der Waals surface area contributed by atoms with Crippen LogP contribution in [0.15, 0.2) is 61.2 Å². The van der Waals surface area contributed by atoms with Crippen molar-refractivity contribution < 1.29 is 4.74 Å². The van der Waals surface area contributed by atoms with Crippen molar-refractivity contribution in [2.45, 2.75) is 13.5 Å². The number of morpholine rings is 1. The van der Waals surface area contributed by atoms with E-state index in [1.807, 2.05) is 48.4 Å². The molecular weight excluding hydrogens is 402 g/mol. The van der Waals surface area contributed by atoms with Crippen molar-refractivity contribution >= 4 is 22.4 Å². The number of fused-ring (bicyclic) bond motifs is 2. The summed E-state index contributed by atoms with van der Waals surface area (Å²) in [6.45, 7) is 5.72. The number of aryl methyl sites for hydroxylation is 1. The molecule has 1 saturated heterocycles. The van der Waals surface area contributed by atoms with Crippen molar-refractivity contribution in [3.05, 3.63) is 72.6 Å². The van der Waals surface area contributed by atoms with Crippen molar-refractivity contribution in [3.8, 4) is 11.3 Å². The first-order valence-electron chi connectivity index (χ1n) is 10.8. The maximum atomic E-state index is 5.49. The smallest absolute Gasteiger partial charge is 0.181 e. The largest absolute Gasteiger partial charge is 0.378 e. The van der Waals surface area contributed by atoms with Gasteiger partial charge in [-0.25, -0.2) is 9.97 Å². The molecule has 0 radical (unpaired) electrons. The standard InChI is InChI=1S/C24H23N7O/c1-17-22(31-9-8-25-23(24(31)27-17)29-10-12-32-13-11-29)19-14-26-30(15-19)16-20-7-6-18-4-2-3-5-21(18)28-20/h2-9,14-15H,10-13,16H2,1H3. The zero-order valence-corrected chi connectivity index (χ0v) is 17.8. The number of benzene rings is 1. The normalized spacial score (nSPS) is 14.5. The van der Waals surface area contributed by atoms with Crippen LogP contribution < -0.4 is 4.90 Å². The number of rotatable bonds is 4. The summed E-state index contributed by atoms with van der Waals surface area (Å²) in [4.78, 5) is 16.5. The molecule has 1 aromatic carbocycles. The predicted molar refractivity (Wildman–Crippen MR) is 123 cm³/mol. The topological polar surface area (TPSA) is 73.4 Å². The number of hydrogen-bond donors (Lipinski definition) is 0. The predicted octanol–water partition coefficient (Wildman–Crippen LogP) is 3.33. The summed E-state index contributed by atoms with van der Waals surface area (Å²) in [5, 5.41) is 5.74. The molecule has 0 unspecified atom stereocenters. The lowest BCUT2D eigenvalue weighted by Crippen LogP contribution is -2.37. The number of hydrogen-bond acceptors (Lipinski definition) is 6. The highest BCUT2D eigenvalue weighted by Gasteiger charge is 2.20. The third-order valence-electron chi connectivity index (χ3n) is 5.90. The number of pyridine rings is 1. The van der Waals surface area contributed by atoms with Gasteiger partial charge in [0.1, 0.15) is 0 Å². The van der Waals surface area contributed by atoms with Crippen LogP contribution in [-0.2, 0) is 11.3 Å². The number of nitrogens with zero attached hydrogens (tertiary/aromatic N) is 7. The summed E-state index contributed by atoms with van der Waals surface area (Å²) in [6, 6.07) is 12.3. The highest BCUT2D eigenvalue weighted by atomic mass is 16.5. The molecule has 6 rings (SSSR count). The first-order chi connectivity index (χ1) is 15.8. The SMILES string of the molecule is Cc1nc2c(N3CCOCC3)nccn2c1-c1cnn(Cc2ccc3ccccc3n2)c1. The summed E-state index contributed by atoms with van der Waals surface area (Å²) in [5.41, 5.74) is 5.86. The average molecular weight is 425 g/mol. The van der Waals surface area contributed by atoms with Crippen LogP contribution in [0.5, 0.6) is 0 Å². The van der Waals surface area contributed by atoms with E-state index in [-0.39, 0.29) is 0 Å². The van der Waals surface area contributed by atoms with E-state index in [2.05, 4.69) is 43.8 Å². The molecule has 1 aliphatic heterocycles. The molecule has 1 fully saturated rings. The van der Waals surface area contributed by atoms with Gasteiger partial charge in [-0.3, -0.25) is 14.1 Å². The van der Waals surface area contributed by atoms with Gasteiger partial charge in [0.2, 0.25) is 0 Å². The number of para-hydroxylation sites is 1. The Morgan fingerprint density at radius 2 is 1.91 bits per heavy atom. The van der Waals surface area contributed by atoms with Gasteiger partial charge in [0.05, 0.1) is 48.6 Å². The number of aromatic nitrogens is 6. The second-order valence-corrected chi connectivity index (χ2v) is 8.01. The molecule has 5 aromatic rings. The monoisotopic (exact) mass is 425 g/mol. The Morgan fingerprint density at radius 3 is 2.81 bits per heavy atom. The Kier molecular flexibility index (Phi) is 4.57. The van der Waals surface area contributed by atoms with Crippen molar-refractivity contribution in [2.75, 3.05) is 31.2 Å². The van der Waals surface area contributed by atoms with Gasteiger partial charge >= 0.3 is 0 Å². The zero-order chi connectivity index (χ0) is 21.5. The van der Waals surface area contributed by atoms with E-state index < -0.39 is 0 Å². The maximum absolute atomic E-state index is 5.49. The van der Waals surface area contributed by atoms with Gasteiger partial charge in [0.25, 0.3) is 0 Å². The van der Waals surface area contributed by atoms with Crippen LogP contribution >= 0.6 is 0 Å². The second-order valence-electron chi connectivity index (χ2n) is 8.01. The highest BCUT2D eigenvalue weighted by molar-refractivity contribution is 5.78. The minimum absolute atomic E-state index is 0.612. The zero-order valence-electron chi connectivity index (χ0n) is 17.8. The molecule has 1 aliphatic rings. The van der Waals surface area contributed by atoms with E-state index in [4.69, 9.17) is 14.7 Å². The molecule has 5 heterocycles. The molecule has 0 N–H and O–H groups in total. The fraction of sp³-hybridized carbons (Fsp3) is 0.250. The lowest BCUT2D eigenvalue weighted by molar-refractivity contribution is 0.122. The fourth-order valence-corrected chi connectivity index (χ4v) is 4.36. The van der Waals surface area contributed by atoms with Crippen LogP contribution in [-0.4, -0.2) is 55.4 Å². The molecule has 0 spiro atoms. The van der Waals surface area contributed by atoms with Crippen LogP contribution in [0.25, 0.3) is 27.8 Å². The number of imidazole rings is 1. The van der Waals surface area contributed by atoms with Crippen LogP contribution in [0.4, 0.5) is 5.82 Å². The summed E-state index contributed by atoms with van der Waals surface area (Å²) in [7, 11) is 0. The molecule has 160 valence electrons. The second kappa shape index (κ2) is 7.72. The van der Waals surface area contributed by atoms with Crippen molar-refractivity contribution in [3.63, 3.8) is 0 Å². The van der Waals surface area contributed by atoms with Gasteiger partial charge in [-0.15, -0.1) is 0 Å². The van der Waals surface area contributed by atoms with Gasteiger partial charge in [0, 0.05) is 42.6 Å². The van der Waals surface area contributed by atoms with Crippen LogP contribution in [0.2, 0.25) is 0 Å². The quantitative estimate of drug-likeness (QED) is 0.440. The van der Waals surface area contributed by atoms with Crippen molar-refractivity contribution in [1.29, 1.82) is 0 Å². The van der Waals surface area contributed by atoms with Gasteiger partial charge in [0.15, 0.2) is 11.5 Å². The van der Waals surface area contributed by atoms with Crippen LogP contribution in [0, 0.1) is 6.92 Å². The number of anilines is 1. The van der Waals surface area contributed by atoms with E-state index in [9.17, 15) is 0 Å². The molecule has 0 bridgehead atoms. The average Bonchev–Trinajstić information content (AvgIpc) is 3.42. The Morgan fingerprint density at radius 1 is 1.03 bits per heavy atom. The molecule has 8 heteroatoms. The molecule has 0 saturated carbocycles. The molecule has 0 amide bonds. The molecular formula is C24H23N7O. The first kappa shape index (κ1) is 18.9. The van der Waals surface area contributed by atoms with E-state index >= 15 is 0 Å². The summed E-state index contributed by atoms with van der Waals surface area (Å²) >= 11 is 0. The van der Waals surface area contributed by atoms with Crippen molar-refractivity contribution in [2.24, 2.45) is 0 Å². The minimum atomic E-state index is 0.612. The highest BCUT2D eigenvalue weighted by Crippen LogP contribution is 2.28. The van der Waals surface area contributed by atoms with Crippen molar-refractivity contribution in [1.82, 2.24) is 29.1 Å². The Labute approximate surface area is 185 Å². The third-order valence-corrected chi connectivity index (χ3v) is 5.90. The lowest BCUT2D eigenvalue weighted by Gasteiger charge is -2.27. The Balaban J connectivity index is 1.34. The third kappa shape index (κ3) is 3.29. The van der Waals surface area contributed by atoms with E-state index in [0.29, 0.717) is 19.8 Å². The van der Waals surface area contributed by atoms with Gasteiger partial charge < -0.3 is 9.64 Å². The summed E-state index contributed by atoms with van der Waals surface area (Å²) in [6.07, 6.45) is 7.76. The van der Waals surface area contributed by atoms with Gasteiger partial charge in [-0.2, -0.15) is 5.10 Å². The fourth-order valence-electron chi connectivity index (χ4n) is 4.36. The molecule has 0 aliphatic carbocycles. The maximum Gasteiger partial charge on any atom is 0.181 e. The minimum Gasteiger partial charge on any atom is -0.378 e. The first-order valence-corrected chi connectivity index (χ1v) is 10.8. The molecule has 32 heavy (non-hydrogen) atoms. The number of ether oxygens (including phenoxy) is 1. The van der Waals surface area contributed by atoms with Crippen LogP contribution in [0.1, 0.15) is 11.4 Å². The van der Waals surface area contributed by atoms with E-state index in [1.54, 1.807) is 0 Å². The summed E-state index contributed by atoms with van der Waals surface area (Å²) < 4.78 is 9.53. The van der Waals surface area contributed by atoms with Crippen LogP contribution in [0.3, 0.4) is 0 Å². The Bertz CT molecular complexity index is 1410. The molecule has 8 nitrogen and oxygen atoms in total. The summed E-state index contributed by atoms with van der Waals surface area (Å²) in [5.74, 6) is 0.901. The van der Waals surface area contributed by atoms with Gasteiger partial charge in [-0.1, -0.05) is 24.3 Å². The molecule has 0 atom stereocenters. The van der Waals surface area contributed by atoms with E-state index in [1.165, 1.54) is 0 Å². The lowest BCUT2D eigenvalue weighted by atomic mass is 10.2. The van der Waals surface area contributed by atoms with E-state index in [0.717, 1.165) is 58.1 Å². The Hall–Kier alpha value is -3.78. The van der Waals surface area contributed by atoms with Gasteiger partial charge in [-0.05, 0) is 19.1 Å². The molecule has 4 aromatic heterocycles.